The van der Waals surface area contributed by atoms with Crippen molar-refractivity contribution in [1.29, 1.82) is 0 Å². The molecule has 0 saturated heterocycles. The third-order valence-electron chi connectivity index (χ3n) is 3.43. The van der Waals surface area contributed by atoms with E-state index in [2.05, 4.69) is 33.2 Å². The SMILES string of the molecule is O=C1C[C@@H](C(=O)Nc2ccc(I)cc2)c2ccccc2N1. The van der Waals surface area contributed by atoms with Crippen LogP contribution in [0.2, 0.25) is 0 Å². The largest absolute Gasteiger partial charge is 0.326 e. The molecule has 21 heavy (non-hydrogen) atoms. The van der Waals surface area contributed by atoms with E-state index in [1.807, 2.05) is 48.5 Å². The number of carbonyl (C=O) groups is 2. The average molecular weight is 392 g/mol. The Morgan fingerprint density at radius 2 is 1.86 bits per heavy atom. The first-order chi connectivity index (χ1) is 10.1. The molecule has 0 bridgehead atoms. The van der Waals surface area contributed by atoms with Crippen LogP contribution in [0.5, 0.6) is 0 Å². The van der Waals surface area contributed by atoms with Gasteiger partial charge in [-0.3, -0.25) is 9.59 Å². The number of fused-ring (bicyclic) bond motifs is 1. The number of anilines is 2. The Hall–Kier alpha value is -1.89. The molecule has 106 valence electrons. The lowest BCUT2D eigenvalue weighted by molar-refractivity contribution is -0.123. The van der Waals surface area contributed by atoms with E-state index in [0.717, 1.165) is 20.5 Å². The summed E-state index contributed by atoms with van der Waals surface area (Å²) in [5.41, 5.74) is 2.32. The van der Waals surface area contributed by atoms with Gasteiger partial charge >= 0.3 is 0 Å². The number of halogens is 1. The van der Waals surface area contributed by atoms with E-state index < -0.39 is 5.92 Å². The molecule has 1 aliphatic heterocycles. The van der Waals surface area contributed by atoms with Crippen LogP contribution in [-0.4, -0.2) is 11.8 Å². The standard InChI is InChI=1S/C16H13IN2O2/c17-10-5-7-11(8-6-10)18-16(21)13-9-15(20)19-14-4-2-1-3-12(13)14/h1-8,13H,9H2,(H,18,21)(H,19,20)/t13-/m1/s1. The van der Waals surface area contributed by atoms with Gasteiger partial charge in [0.2, 0.25) is 11.8 Å². The maximum Gasteiger partial charge on any atom is 0.232 e. The first-order valence-corrected chi connectivity index (χ1v) is 7.66. The van der Waals surface area contributed by atoms with Crippen LogP contribution >= 0.6 is 22.6 Å². The van der Waals surface area contributed by atoms with Crippen molar-refractivity contribution < 1.29 is 9.59 Å². The van der Waals surface area contributed by atoms with Crippen LogP contribution in [0.3, 0.4) is 0 Å². The summed E-state index contributed by atoms with van der Waals surface area (Å²) < 4.78 is 1.10. The monoisotopic (exact) mass is 392 g/mol. The Morgan fingerprint density at radius 3 is 2.62 bits per heavy atom. The highest BCUT2D eigenvalue weighted by Gasteiger charge is 2.30. The number of hydrogen-bond donors (Lipinski definition) is 2. The quantitative estimate of drug-likeness (QED) is 0.771. The van der Waals surface area contributed by atoms with Crippen molar-refractivity contribution in [2.75, 3.05) is 10.6 Å². The van der Waals surface area contributed by atoms with Gasteiger partial charge in [0.15, 0.2) is 0 Å². The Bertz CT molecular complexity index is 698. The zero-order valence-corrected chi connectivity index (χ0v) is 13.3. The fourth-order valence-corrected chi connectivity index (χ4v) is 2.77. The molecule has 2 amide bonds. The van der Waals surface area contributed by atoms with Crippen molar-refractivity contribution in [3.05, 3.63) is 57.7 Å². The van der Waals surface area contributed by atoms with Crippen molar-refractivity contribution in [3.63, 3.8) is 0 Å². The third-order valence-corrected chi connectivity index (χ3v) is 4.15. The number of hydrogen-bond acceptors (Lipinski definition) is 2. The van der Waals surface area contributed by atoms with E-state index in [9.17, 15) is 9.59 Å². The molecular formula is C16H13IN2O2. The molecular weight excluding hydrogens is 379 g/mol. The second-order valence-corrected chi connectivity index (χ2v) is 6.13. The minimum absolute atomic E-state index is 0.128. The summed E-state index contributed by atoms with van der Waals surface area (Å²) in [5, 5.41) is 5.67. The highest BCUT2D eigenvalue weighted by Crippen LogP contribution is 2.32. The Kier molecular flexibility index (Phi) is 3.92. The van der Waals surface area contributed by atoms with Gasteiger partial charge in [-0.15, -0.1) is 0 Å². The van der Waals surface area contributed by atoms with Crippen LogP contribution in [0.4, 0.5) is 11.4 Å². The van der Waals surface area contributed by atoms with Gasteiger partial charge in [-0.25, -0.2) is 0 Å². The summed E-state index contributed by atoms with van der Waals surface area (Å²) >= 11 is 2.21. The number of nitrogens with one attached hydrogen (secondary N) is 2. The van der Waals surface area contributed by atoms with Crippen LogP contribution in [0.25, 0.3) is 0 Å². The van der Waals surface area contributed by atoms with E-state index in [1.54, 1.807) is 0 Å². The normalized spacial score (nSPS) is 16.8. The van der Waals surface area contributed by atoms with Crippen LogP contribution in [-0.2, 0) is 9.59 Å². The summed E-state index contributed by atoms with van der Waals surface area (Å²) in [7, 11) is 0. The lowest BCUT2D eigenvalue weighted by atomic mass is 9.90. The molecule has 4 nitrogen and oxygen atoms in total. The van der Waals surface area contributed by atoms with Crippen molar-refractivity contribution in [3.8, 4) is 0 Å². The van der Waals surface area contributed by atoms with Gasteiger partial charge in [-0.2, -0.15) is 0 Å². The van der Waals surface area contributed by atoms with E-state index in [1.165, 1.54) is 0 Å². The minimum Gasteiger partial charge on any atom is -0.326 e. The molecule has 1 aliphatic rings. The first-order valence-electron chi connectivity index (χ1n) is 6.59. The molecule has 0 radical (unpaired) electrons. The molecule has 2 N–H and O–H groups in total. The van der Waals surface area contributed by atoms with E-state index in [4.69, 9.17) is 0 Å². The topological polar surface area (TPSA) is 58.2 Å². The smallest absolute Gasteiger partial charge is 0.232 e. The van der Waals surface area contributed by atoms with E-state index in [0.29, 0.717) is 0 Å². The molecule has 0 saturated carbocycles. The van der Waals surface area contributed by atoms with Gasteiger partial charge in [-0.05, 0) is 58.5 Å². The Balaban J connectivity index is 1.84. The molecule has 1 atom stereocenters. The summed E-state index contributed by atoms with van der Waals surface area (Å²) in [6.45, 7) is 0. The lowest BCUT2D eigenvalue weighted by Crippen LogP contribution is -2.30. The molecule has 0 aromatic heterocycles. The highest BCUT2D eigenvalue weighted by atomic mass is 127. The molecule has 2 aromatic rings. The minimum atomic E-state index is -0.450. The van der Waals surface area contributed by atoms with Gasteiger partial charge < -0.3 is 10.6 Å². The van der Waals surface area contributed by atoms with Crippen molar-refractivity contribution in [1.82, 2.24) is 0 Å². The van der Waals surface area contributed by atoms with Gasteiger partial charge in [0.1, 0.15) is 0 Å². The average Bonchev–Trinajstić information content (AvgIpc) is 2.48. The number of rotatable bonds is 2. The second kappa shape index (κ2) is 5.85. The maximum absolute atomic E-state index is 12.5. The summed E-state index contributed by atoms with van der Waals surface area (Å²) in [6.07, 6.45) is 0.174. The first kappa shape index (κ1) is 14.1. The van der Waals surface area contributed by atoms with Crippen LogP contribution in [0.15, 0.2) is 48.5 Å². The van der Waals surface area contributed by atoms with Crippen LogP contribution in [0.1, 0.15) is 17.9 Å². The second-order valence-electron chi connectivity index (χ2n) is 4.89. The van der Waals surface area contributed by atoms with E-state index in [-0.39, 0.29) is 18.2 Å². The molecule has 0 spiro atoms. The Labute approximate surface area is 136 Å². The van der Waals surface area contributed by atoms with Crippen molar-refractivity contribution in [2.45, 2.75) is 12.3 Å². The summed E-state index contributed by atoms with van der Waals surface area (Å²) in [6, 6.07) is 15.0. The fraction of sp³-hybridized carbons (Fsp3) is 0.125. The van der Waals surface area contributed by atoms with Gasteiger partial charge in [0.05, 0.1) is 5.92 Å². The molecule has 0 unspecified atom stereocenters. The van der Waals surface area contributed by atoms with E-state index >= 15 is 0 Å². The third kappa shape index (κ3) is 3.07. The molecule has 5 heteroatoms. The number of para-hydroxylation sites is 1. The highest BCUT2D eigenvalue weighted by molar-refractivity contribution is 14.1. The maximum atomic E-state index is 12.5. The number of amides is 2. The Morgan fingerprint density at radius 1 is 1.14 bits per heavy atom. The zero-order chi connectivity index (χ0) is 14.8. The summed E-state index contributed by atoms with van der Waals surface area (Å²) in [4.78, 5) is 24.2. The fourth-order valence-electron chi connectivity index (χ4n) is 2.41. The summed E-state index contributed by atoms with van der Waals surface area (Å²) in [5.74, 6) is -0.732. The lowest BCUT2D eigenvalue weighted by Gasteiger charge is -2.24. The molecule has 3 rings (SSSR count). The molecule has 1 heterocycles. The predicted octanol–water partition coefficient (Wildman–Crippen LogP) is 3.36. The predicted molar refractivity (Wildman–Crippen MR) is 90.2 cm³/mol. The van der Waals surface area contributed by atoms with Crippen LogP contribution in [0, 0.1) is 3.57 Å². The molecule has 0 aliphatic carbocycles. The number of benzene rings is 2. The van der Waals surface area contributed by atoms with Gasteiger partial charge in [0.25, 0.3) is 0 Å². The van der Waals surface area contributed by atoms with Gasteiger partial charge in [-0.1, -0.05) is 18.2 Å². The number of carbonyl (C=O) groups excluding carboxylic acids is 2. The van der Waals surface area contributed by atoms with Crippen molar-refractivity contribution >= 4 is 45.8 Å². The molecule has 2 aromatic carbocycles. The van der Waals surface area contributed by atoms with Crippen LogP contribution < -0.4 is 10.6 Å². The molecule has 0 fully saturated rings. The van der Waals surface area contributed by atoms with Gasteiger partial charge in [0, 0.05) is 21.4 Å². The zero-order valence-electron chi connectivity index (χ0n) is 11.1. The van der Waals surface area contributed by atoms with Crippen molar-refractivity contribution in [2.24, 2.45) is 0 Å².